The molecule has 1 heterocycles. The molecular weight excluding hydrogens is 397 g/mol. The van der Waals surface area contributed by atoms with Crippen LogP contribution < -0.4 is 10.1 Å². The first-order chi connectivity index (χ1) is 13.9. The van der Waals surface area contributed by atoms with Gasteiger partial charge in [0, 0.05) is 6.54 Å². The monoisotopic (exact) mass is 417 g/mol. The molecule has 29 heavy (non-hydrogen) atoms. The van der Waals surface area contributed by atoms with Crippen molar-refractivity contribution in [1.29, 1.82) is 0 Å². The molecule has 0 spiro atoms. The van der Waals surface area contributed by atoms with Crippen molar-refractivity contribution in [1.82, 2.24) is 5.32 Å². The van der Waals surface area contributed by atoms with Crippen molar-refractivity contribution >= 4 is 15.7 Å². The van der Waals surface area contributed by atoms with Gasteiger partial charge in [0.1, 0.15) is 22.6 Å². The van der Waals surface area contributed by atoms with Gasteiger partial charge in [0.15, 0.2) is 16.4 Å². The Bertz CT molecular complexity index is 1070. The molecule has 1 aromatic heterocycles. The summed E-state index contributed by atoms with van der Waals surface area (Å²) in [6.07, 6.45) is 1.36. The number of benzene rings is 2. The zero-order chi connectivity index (χ0) is 20.9. The van der Waals surface area contributed by atoms with Crippen molar-refractivity contribution in [2.75, 3.05) is 13.2 Å². The molecule has 0 aliphatic carbocycles. The number of carbonyl (C=O) groups is 1. The van der Waals surface area contributed by atoms with Gasteiger partial charge in [-0.1, -0.05) is 18.2 Å². The number of hydrogen-bond acceptors (Lipinski definition) is 5. The van der Waals surface area contributed by atoms with Crippen molar-refractivity contribution < 1.29 is 26.8 Å². The molecular formula is C21H20FNO5S. The lowest BCUT2D eigenvalue weighted by atomic mass is 10.2. The van der Waals surface area contributed by atoms with E-state index in [-0.39, 0.29) is 29.4 Å². The Morgan fingerprint density at radius 3 is 2.55 bits per heavy atom. The number of rotatable bonds is 8. The van der Waals surface area contributed by atoms with Crippen LogP contribution in [0.15, 0.2) is 76.2 Å². The maximum Gasteiger partial charge on any atom is 0.257 e. The van der Waals surface area contributed by atoms with Crippen LogP contribution in [0.1, 0.15) is 16.6 Å². The van der Waals surface area contributed by atoms with E-state index in [1.807, 2.05) is 6.07 Å². The second kappa shape index (κ2) is 8.91. The van der Waals surface area contributed by atoms with Gasteiger partial charge in [-0.15, -0.1) is 0 Å². The van der Waals surface area contributed by atoms with Gasteiger partial charge in [0.05, 0.1) is 11.2 Å². The minimum atomic E-state index is -3.94. The number of furan rings is 1. The summed E-state index contributed by atoms with van der Waals surface area (Å²) in [4.78, 5) is 12.1. The normalized spacial score (nSPS) is 12.3. The summed E-state index contributed by atoms with van der Waals surface area (Å²) < 4.78 is 50.4. The van der Waals surface area contributed by atoms with Crippen LogP contribution in [0, 0.1) is 12.7 Å². The number of carbonyl (C=O) groups excluding carboxylic acids is 1. The molecule has 3 aromatic rings. The second-order valence-electron chi connectivity index (χ2n) is 6.37. The predicted octanol–water partition coefficient (Wildman–Crippen LogP) is 3.44. The second-order valence-corrected chi connectivity index (χ2v) is 8.50. The van der Waals surface area contributed by atoms with Crippen molar-refractivity contribution in [3.63, 3.8) is 0 Å². The molecule has 0 aliphatic rings. The van der Waals surface area contributed by atoms with Crippen LogP contribution in [0.25, 0.3) is 0 Å². The Balaban J connectivity index is 1.74. The van der Waals surface area contributed by atoms with Crippen LogP contribution in [0.4, 0.5) is 4.39 Å². The number of para-hydroxylation sites is 1. The molecule has 0 radical (unpaired) electrons. The van der Waals surface area contributed by atoms with Crippen molar-refractivity contribution in [3.8, 4) is 5.75 Å². The highest BCUT2D eigenvalue weighted by Gasteiger charge is 2.32. The molecule has 6 nitrogen and oxygen atoms in total. The van der Waals surface area contributed by atoms with Gasteiger partial charge >= 0.3 is 0 Å². The van der Waals surface area contributed by atoms with Crippen LogP contribution in [0.5, 0.6) is 5.75 Å². The minimum Gasteiger partial charge on any atom is -0.484 e. The Labute approximate surface area is 168 Å². The number of nitrogens with one attached hydrogen (secondary N) is 1. The largest absolute Gasteiger partial charge is 0.484 e. The molecule has 0 fully saturated rings. The highest BCUT2D eigenvalue weighted by Crippen LogP contribution is 2.29. The minimum absolute atomic E-state index is 0.0485. The Kier molecular flexibility index (Phi) is 6.33. The van der Waals surface area contributed by atoms with Crippen molar-refractivity contribution in [2.24, 2.45) is 0 Å². The molecule has 3 rings (SSSR count). The molecule has 1 N–H and O–H groups in total. The van der Waals surface area contributed by atoms with E-state index in [1.54, 1.807) is 30.3 Å². The molecule has 152 valence electrons. The fraction of sp³-hybridized carbons (Fsp3) is 0.190. The molecule has 0 saturated heterocycles. The van der Waals surface area contributed by atoms with Crippen LogP contribution in [0.3, 0.4) is 0 Å². The molecule has 0 saturated carbocycles. The van der Waals surface area contributed by atoms with Gasteiger partial charge in [0.2, 0.25) is 0 Å². The van der Waals surface area contributed by atoms with Gasteiger partial charge in [-0.25, -0.2) is 12.8 Å². The van der Waals surface area contributed by atoms with Crippen molar-refractivity contribution in [3.05, 3.63) is 84.1 Å². The first-order valence-electron chi connectivity index (χ1n) is 8.86. The van der Waals surface area contributed by atoms with Crippen molar-refractivity contribution in [2.45, 2.75) is 17.1 Å². The summed E-state index contributed by atoms with van der Waals surface area (Å²) in [6.45, 7) is 1.01. The standard InChI is InChI=1S/C21H20FNO5S/c1-15-12-17(9-10-18(15)22)29(25,26)20(19-8-5-11-27-19)13-23-21(24)14-28-16-6-3-2-4-7-16/h2-12,20H,13-14H2,1H3,(H,23,24)/t20-/m0/s1. The summed E-state index contributed by atoms with van der Waals surface area (Å²) in [6, 6.07) is 15.4. The summed E-state index contributed by atoms with van der Waals surface area (Å²) in [5.74, 6) is -0.267. The van der Waals surface area contributed by atoms with E-state index in [0.29, 0.717) is 5.75 Å². The summed E-state index contributed by atoms with van der Waals surface area (Å²) >= 11 is 0. The number of sulfone groups is 1. The average molecular weight is 417 g/mol. The van der Waals surface area contributed by atoms with E-state index in [0.717, 1.165) is 6.07 Å². The molecule has 8 heteroatoms. The van der Waals surface area contributed by atoms with Crippen LogP contribution in [0.2, 0.25) is 0 Å². The Morgan fingerprint density at radius 1 is 1.14 bits per heavy atom. The molecule has 0 bridgehead atoms. The Morgan fingerprint density at radius 2 is 1.90 bits per heavy atom. The molecule has 0 unspecified atom stereocenters. The zero-order valence-corrected chi connectivity index (χ0v) is 16.5. The van der Waals surface area contributed by atoms with Crippen LogP contribution in [-0.4, -0.2) is 27.5 Å². The van der Waals surface area contributed by atoms with E-state index >= 15 is 0 Å². The highest BCUT2D eigenvalue weighted by atomic mass is 32.2. The van der Waals surface area contributed by atoms with Gasteiger partial charge in [-0.05, 0) is 55.0 Å². The lowest BCUT2D eigenvalue weighted by Gasteiger charge is -2.17. The van der Waals surface area contributed by atoms with E-state index in [9.17, 15) is 17.6 Å². The van der Waals surface area contributed by atoms with E-state index in [1.165, 1.54) is 31.4 Å². The lowest BCUT2D eigenvalue weighted by molar-refractivity contribution is -0.123. The predicted molar refractivity (Wildman–Crippen MR) is 105 cm³/mol. The number of ether oxygens (including phenoxy) is 1. The average Bonchev–Trinajstić information content (AvgIpc) is 3.23. The Hall–Kier alpha value is -3.13. The van der Waals surface area contributed by atoms with Crippen LogP contribution >= 0.6 is 0 Å². The number of hydrogen-bond donors (Lipinski definition) is 1. The zero-order valence-electron chi connectivity index (χ0n) is 15.7. The smallest absolute Gasteiger partial charge is 0.257 e. The molecule has 1 amide bonds. The highest BCUT2D eigenvalue weighted by molar-refractivity contribution is 7.91. The van der Waals surface area contributed by atoms with E-state index in [2.05, 4.69) is 5.32 Å². The molecule has 0 aliphatic heterocycles. The fourth-order valence-corrected chi connectivity index (χ4v) is 4.39. The van der Waals surface area contributed by atoms with Gasteiger partial charge in [-0.3, -0.25) is 4.79 Å². The number of halogens is 1. The maximum absolute atomic E-state index is 13.6. The third kappa shape index (κ3) is 5.03. The number of amides is 1. The van der Waals surface area contributed by atoms with E-state index < -0.39 is 26.8 Å². The first kappa shape index (κ1) is 20.6. The van der Waals surface area contributed by atoms with Gasteiger partial charge < -0.3 is 14.5 Å². The first-order valence-corrected chi connectivity index (χ1v) is 10.4. The fourth-order valence-electron chi connectivity index (χ4n) is 2.72. The molecule has 1 atom stereocenters. The van der Waals surface area contributed by atoms with Gasteiger partial charge in [0.25, 0.3) is 5.91 Å². The summed E-state index contributed by atoms with van der Waals surface area (Å²) in [5.41, 5.74) is 0.213. The molecule has 2 aromatic carbocycles. The quantitative estimate of drug-likeness (QED) is 0.568. The third-order valence-corrected chi connectivity index (χ3v) is 6.35. The van der Waals surface area contributed by atoms with Crippen LogP contribution in [-0.2, 0) is 14.6 Å². The third-order valence-electron chi connectivity index (χ3n) is 4.29. The lowest BCUT2D eigenvalue weighted by Crippen LogP contribution is -2.34. The maximum atomic E-state index is 13.6. The summed E-state index contributed by atoms with van der Waals surface area (Å²) in [5, 5.41) is 1.40. The van der Waals surface area contributed by atoms with E-state index in [4.69, 9.17) is 9.15 Å². The summed E-state index contributed by atoms with van der Waals surface area (Å²) in [7, 11) is -3.94. The number of aryl methyl sites for hydroxylation is 1. The van der Waals surface area contributed by atoms with Gasteiger partial charge in [-0.2, -0.15) is 0 Å². The SMILES string of the molecule is Cc1cc(S(=O)(=O)[C@@H](CNC(=O)COc2ccccc2)c2ccco2)ccc1F. The topological polar surface area (TPSA) is 85.6 Å².